The van der Waals surface area contributed by atoms with E-state index in [0.29, 0.717) is 10.3 Å². The van der Waals surface area contributed by atoms with Crippen molar-refractivity contribution < 1.29 is 14.4 Å². The molecule has 0 amide bonds. The summed E-state index contributed by atoms with van der Waals surface area (Å²) in [5.74, 6) is -1.33. The molecule has 0 bridgehead atoms. The lowest BCUT2D eigenvalue weighted by atomic mass is 10.1. The van der Waals surface area contributed by atoms with E-state index >= 15 is 0 Å². The number of nitrogens with zero attached hydrogens (tertiary/aromatic N) is 3. The minimum atomic E-state index is -1.14. The highest BCUT2D eigenvalue weighted by molar-refractivity contribution is 9.10. The van der Waals surface area contributed by atoms with Crippen molar-refractivity contribution in [3.05, 3.63) is 34.6 Å². The number of hydrogen-bond donors (Lipinski definition) is 1. The van der Waals surface area contributed by atoms with Crippen molar-refractivity contribution in [2.75, 3.05) is 0 Å². The fraction of sp³-hybridized carbons (Fsp3) is 0.0833. The molecule has 0 unspecified atom stereocenters. The van der Waals surface area contributed by atoms with E-state index in [1.165, 1.54) is 6.07 Å². The van der Waals surface area contributed by atoms with Crippen LogP contribution in [-0.4, -0.2) is 26.0 Å². The van der Waals surface area contributed by atoms with Crippen molar-refractivity contribution in [1.29, 1.82) is 0 Å². The van der Waals surface area contributed by atoms with Gasteiger partial charge in [0.2, 0.25) is 5.76 Å². The number of aromatic carboxylic acids is 1. The largest absolute Gasteiger partial charge is 0.475 e. The van der Waals surface area contributed by atoms with Crippen molar-refractivity contribution >= 4 is 32.8 Å². The molecule has 0 atom stereocenters. The van der Waals surface area contributed by atoms with Gasteiger partial charge in [0.15, 0.2) is 0 Å². The van der Waals surface area contributed by atoms with E-state index in [-0.39, 0.29) is 5.76 Å². The summed E-state index contributed by atoms with van der Waals surface area (Å²) in [6.07, 6.45) is 0. The smallest absolute Gasteiger partial charge is 0.374 e. The summed E-state index contributed by atoms with van der Waals surface area (Å²) in [4.78, 5) is 10.8. The molecule has 0 aliphatic rings. The highest BCUT2D eigenvalue weighted by atomic mass is 79.9. The molecule has 3 rings (SSSR count). The highest BCUT2D eigenvalue weighted by Crippen LogP contribution is 2.33. The zero-order valence-electron chi connectivity index (χ0n) is 9.79. The maximum absolute atomic E-state index is 10.8. The van der Waals surface area contributed by atoms with Crippen molar-refractivity contribution in [1.82, 2.24) is 14.9 Å². The SMILES string of the molecule is Cn1nc(Br)c2c(-c3cc(C(=O)O)on3)cccc21. The minimum absolute atomic E-state index is 0.188. The van der Waals surface area contributed by atoms with Gasteiger partial charge in [0.25, 0.3) is 0 Å². The van der Waals surface area contributed by atoms with Gasteiger partial charge in [-0.2, -0.15) is 5.10 Å². The second kappa shape index (κ2) is 4.20. The van der Waals surface area contributed by atoms with Gasteiger partial charge in [-0.25, -0.2) is 4.79 Å². The number of rotatable bonds is 2. The molecule has 0 aliphatic carbocycles. The first-order valence-electron chi connectivity index (χ1n) is 5.39. The minimum Gasteiger partial charge on any atom is -0.475 e. The van der Waals surface area contributed by atoms with Crippen LogP contribution in [0.5, 0.6) is 0 Å². The lowest BCUT2D eigenvalue weighted by Gasteiger charge is -1.99. The third kappa shape index (κ3) is 1.82. The Balaban J connectivity index is 2.27. The quantitative estimate of drug-likeness (QED) is 0.784. The van der Waals surface area contributed by atoms with E-state index in [1.807, 2.05) is 25.2 Å². The van der Waals surface area contributed by atoms with Gasteiger partial charge >= 0.3 is 5.97 Å². The van der Waals surface area contributed by atoms with Crippen LogP contribution in [0.2, 0.25) is 0 Å². The van der Waals surface area contributed by atoms with Crippen LogP contribution in [0.1, 0.15) is 10.6 Å². The van der Waals surface area contributed by atoms with Gasteiger partial charge in [0, 0.05) is 24.1 Å². The zero-order valence-corrected chi connectivity index (χ0v) is 11.4. The molecule has 96 valence electrons. The van der Waals surface area contributed by atoms with E-state index in [1.54, 1.807) is 4.68 Å². The summed E-state index contributed by atoms with van der Waals surface area (Å²) < 4.78 is 7.20. The Morgan fingerprint density at radius 3 is 2.95 bits per heavy atom. The molecule has 7 heteroatoms. The van der Waals surface area contributed by atoms with Crippen molar-refractivity contribution in [2.45, 2.75) is 0 Å². The lowest BCUT2D eigenvalue weighted by molar-refractivity contribution is 0.0652. The lowest BCUT2D eigenvalue weighted by Crippen LogP contribution is -1.91. The molecule has 0 saturated heterocycles. The van der Waals surface area contributed by atoms with Gasteiger partial charge < -0.3 is 9.63 Å². The number of aryl methyl sites for hydroxylation is 1. The molecular weight excluding hydrogens is 314 g/mol. The molecule has 1 N–H and O–H groups in total. The molecule has 0 spiro atoms. The first-order chi connectivity index (χ1) is 9.08. The molecule has 1 aromatic carbocycles. The molecule has 19 heavy (non-hydrogen) atoms. The van der Waals surface area contributed by atoms with Crippen LogP contribution in [0.4, 0.5) is 0 Å². The molecule has 0 radical (unpaired) electrons. The van der Waals surface area contributed by atoms with Crippen molar-refractivity contribution in [3.63, 3.8) is 0 Å². The fourth-order valence-electron chi connectivity index (χ4n) is 1.98. The maximum atomic E-state index is 10.8. The normalized spacial score (nSPS) is 11.1. The van der Waals surface area contributed by atoms with E-state index in [0.717, 1.165) is 16.5 Å². The molecule has 2 aromatic heterocycles. The van der Waals surface area contributed by atoms with Gasteiger partial charge in [-0.05, 0) is 22.0 Å². The van der Waals surface area contributed by atoms with E-state index in [2.05, 4.69) is 26.2 Å². The molecular formula is C12H8BrN3O3. The number of aromatic nitrogens is 3. The van der Waals surface area contributed by atoms with Crippen LogP contribution in [0.15, 0.2) is 33.4 Å². The van der Waals surface area contributed by atoms with Crippen LogP contribution in [0.25, 0.3) is 22.2 Å². The van der Waals surface area contributed by atoms with Crippen LogP contribution >= 0.6 is 15.9 Å². The average molecular weight is 322 g/mol. The number of halogens is 1. The van der Waals surface area contributed by atoms with Gasteiger partial charge in [-0.3, -0.25) is 4.68 Å². The molecule has 0 saturated carbocycles. The van der Waals surface area contributed by atoms with Gasteiger partial charge in [0.1, 0.15) is 10.3 Å². The van der Waals surface area contributed by atoms with Crippen LogP contribution in [-0.2, 0) is 7.05 Å². The topological polar surface area (TPSA) is 81.2 Å². The van der Waals surface area contributed by atoms with Gasteiger partial charge in [0.05, 0.1) is 5.52 Å². The van der Waals surface area contributed by atoms with E-state index in [9.17, 15) is 4.79 Å². The van der Waals surface area contributed by atoms with Crippen LogP contribution in [0.3, 0.4) is 0 Å². The number of carbonyl (C=O) groups is 1. The Hall–Kier alpha value is -2.15. The van der Waals surface area contributed by atoms with Gasteiger partial charge in [-0.15, -0.1) is 0 Å². The monoisotopic (exact) mass is 321 g/mol. The second-order valence-electron chi connectivity index (χ2n) is 4.00. The predicted molar refractivity (Wildman–Crippen MR) is 70.9 cm³/mol. The maximum Gasteiger partial charge on any atom is 0.374 e. The standard InChI is InChI=1S/C12H8BrN3O3/c1-16-8-4-2-3-6(10(8)11(13)14-16)7-5-9(12(17)18)19-15-7/h2-5H,1H3,(H,17,18). The van der Waals surface area contributed by atoms with E-state index < -0.39 is 5.97 Å². The number of carboxylic acid groups (broad SMARTS) is 1. The second-order valence-corrected chi connectivity index (χ2v) is 4.75. The summed E-state index contributed by atoms with van der Waals surface area (Å²) in [5, 5.41) is 17.8. The Labute approximate surface area is 115 Å². The van der Waals surface area contributed by atoms with E-state index in [4.69, 9.17) is 9.63 Å². The van der Waals surface area contributed by atoms with Crippen molar-refractivity contribution in [3.8, 4) is 11.3 Å². The average Bonchev–Trinajstić information content (AvgIpc) is 2.96. The fourth-order valence-corrected chi connectivity index (χ4v) is 2.63. The van der Waals surface area contributed by atoms with Crippen LogP contribution in [0, 0.1) is 0 Å². The molecule has 0 fully saturated rings. The molecule has 3 aromatic rings. The Morgan fingerprint density at radius 2 is 2.26 bits per heavy atom. The first-order valence-corrected chi connectivity index (χ1v) is 6.19. The summed E-state index contributed by atoms with van der Waals surface area (Å²) in [6.45, 7) is 0. The summed E-state index contributed by atoms with van der Waals surface area (Å²) in [6, 6.07) is 7.03. The van der Waals surface area contributed by atoms with Gasteiger partial charge in [-0.1, -0.05) is 17.3 Å². The third-order valence-corrected chi connectivity index (χ3v) is 3.39. The summed E-state index contributed by atoms with van der Waals surface area (Å²) in [5.41, 5.74) is 2.16. The summed E-state index contributed by atoms with van der Waals surface area (Å²) in [7, 11) is 1.84. The Kier molecular flexibility index (Phi) is 2.63. The molecule has 6 nitrogen and oxygen atoms in total. The van der Waals surface area contributed by atoms with Crippen LogP contribution < -0.4 is 0 Å². The number of fused-ring (bicyclic) bond motifs is 1. The number of hydrogen-bond acceptors (Lipinski definition) is 4. The predicted octanol–water partition coefficient (Wildman–Crippen LogP) is 2.69. The van der Waals surface area contributed by atoms with Crippen molar-refractivity contribution in [2.24, 2.45) is 7.05 Å². The number of benzene rings is 1. The first kappa shape index (κ1) is 11.9. The molecule has 0 aliphatic heterocycles. The highest BCUT2D eigenvalue weighted by Gasteiger charge is 2.17. The third-order valence-electron chi connectivity index (χ3n) is 2.83. The zero-order chi connectivity index (χ0) is 13.6. The number of carboxylic acids is 1. The molecule has 2 heterocycles. The summed E-state index contributed by atoms with van der Waals surface area (Å²) >= 11 is 3.39. The Bertz CT molecular complexity index is 791. The Morgan fingerprint density at radius 1 is 1.47 bits per heavy atom.